The van der Waals surface area contributed by atoms with Crippen molar-refractivity contribution in [2.75, 3.05) is 13.1 Å². The average molecular weight is 322 g/mol. The first-order chi connectivity index (χ1) is 11.6. The van der Waals surface area contributed by atoms with Crippen LogP contribution in [-0.4, -0.2) is 46.8 Å². The number of benzene rings is 2. The van der Waals surface area contributed by atoms with Crippen LogP contribution in [0.5, 0.6) is 0 Å². The molecule has 0 radical (unpaired) electrons. The highest BCUT2D eigenvalue weighted by atomic mass is 16.2. The standard InChI is InChI=1S/C20H22N2O2/c1-14-20(24)21-10-4-7-18(21)13-22(14)19(23)12-15-8-9-16-5-2-3-6-17(16)11-15/h2-3,5-6,8-9,11,14,18H,4,7,10,12-13H2,1H3/t14-,18-/m0/s1. The largest absolute Gasteiger partial charge is 0.336 e. The summed E-state index contributed by atoms with van der Waals surface area (Å²) in [7, 11) is 0. The average Bonchev–Trinajstić information content (AvgIpc) is 3.06. The molecular weight excluding hydrogens is 300 g/mol. The fraction of sp³-hybridized carbons (Fsp3) is 0.400. The molecule has 4 nitrogen and oxygen atoms in total. The minimum Gasteiger partial charge on any atom is -0.336 e. The van der Waals surface area contributed by atoms with Gasteiger partial charge in [0.1, 0.15) is 6.04 Å². The van der Waals surface area contributed by atoms with Gasteiger partial charge in [-0.15, -0.1) is 0 Å². The van der Waals surface area contributed by atoms with E-state index in [-0.39, 0.29) is 23.9 Å². The van der Waals surface area contributed by atoms with Crippen molar-refractivity contribution in [1.82, 2.24) is 9.80 Å². The van der Waals surface area contributed by atoms with Crippen LogP contribution in [0, 0.1) is 0 Å². The van der Waals surface area contributed by atoms with Crippen molar-refractivity contribution >= 4 is 22.6 Å². The van der Waals surface area contributed by atoms with Gasteiger partial charge in [0.05, 0.1) is 6.42 Å². The molecule has 0 aliphatic carbocycles. The SMILES string of the molecule is C[C@H]1C(=O)N2CCC[C@H]2CN1C(=O)Cc1ccc2ccccc2c1. The lowest BCUT2D eigenvalue weighted by Crippen LogP contribution is -2.60. The molecule has 2 heterocycles. The van der Waals surface area contributed by atoms with E-state index >= 15 is 0 Å². The lowest BCUT2D eigenvalue weighted by atomic mass is 10.0. The van der Waals surface area contributed by atoms with Crippen molar-refractivity contribution in [3.63, 3.8) is 0 Å². The highest BCUT2D eigenvalue weighted by Gasteiger charge is 2.41. The number of carbonyl (C=O) groups is 2. The monoisotopic (exact) mass is 322 g/mol. The first-order valence-electron chi connectivity index (χ1n) is 8.71. The number of piperazine rings is 1. The summed E-state index contributed by atoms with van der Waals surface area (Å²) in [5.41, 5.74) is 1.01. The molecule has 2 fully saturated rings. The van der Waals surface area contributed by atoms with Gasteiger partial charge in [0.15, 0.2) is 0 Å². The summed E-state index contributed by atoms with van der Waals surface area (Å²) in [6.45, 7) is 3.38. The van der Waals surface area contributed by atoms with E-state index in [9.17, 15) is 9.59 Å². The molecule has 4 rings (SSSR count). The maximum atomic E-state index is 12.8. The Morgan fingerprint density at radius 3 is 2.79 bits per heavy atom. The smallest absolute Gasteiger partial charge is 0.245 e. The van der Waals surface area contributed by atoms with Crippen LogP contribution in [0.15, 0.2) is 42.5 Å². The van der Waals surface area contributed by atoms with Crippen molar-refractivity contribution in [2.45, 2.75) is 38.3 Å². The summed E-state index contributed by atoms with van der Waals surface area (Å²) in [6, 6.07) is 14.2. The van der Waals surface area contributed by atoms with Gasteiger partial charge < -0.3 is 9.80 Å². The molecule has 24 heavy (non-hydrogen) atoms. The lowest BCUT2D eigenvalue weighted by Gasteiger charge is -2.41. The van der Waals surface area contributed by atoms with Gasteiger partial charge in [-0.2, -0.15) is 0 Å². The van der Waals surface area contributed by atoms with E-state index in [4.69, 9.17) is 0 Å². The van der Waals surface area contributed by atoms with Gasteiger partial charge in [-0.3, -0.25) is 9.59 Å². The van der Waals surface area contributed by atoms with Gasteiger partial charge >= 0.3 is 0 Å². The Morgan fingerprint density at radius 2 is 1.96 bits per heavy atom. The van der Waals surface area contributed by atoms with Crippen LogP contribution >= 0.6 is 0 Å². The summed E-state index contributed by atoms with van der Waals surface area (Å²) in [5, 5.41) is 2.32. The van der Waals surface area contributed by atoms with Gasteiger partial charge in [0, 0.05) is 19.1 Å². The Bertz CT molecular complexity index is 801. The van der Waals surface area contributed by atoms with E-state index in [0.717, 1.165) is 30.3 Å². The van der Waals surface area contributed by atoms with Crippen molar-refractivity contribution in [3.05, 3.63) is 48.0 Å². The van der Waals surface area contributed by atoms with Crippen molar-refractivity contribution in [3.8, 4) is 0 Å². The van der Waals surface area contributed by atoms with Crippen LogP contribution < -0.4 is 0 Å². The highest BCUT2D eigenvalue weighted by molar-refractivity contribution is 5.90. The summed E-state index contributed by atoms with van der Waals surface area (Å²) in [4.78, 5) is 29.0. The maximum absolute atomic E-state index is 12.8. The molecule has 0 bridgehead atoms. The predicted molar refractivity (Wildman–Crippen MR) is 93.6 cm³/mol. The van der Waals surface area contributed by atoms with E-state index in [1.54, 1.807) is 4.90 Å². The third-order valence-electron chi connectivity index (χ3n) is 5.38. The third-order valence-corrected chi connectivity index (χ3v) is 5.38. The van der Waals surface area contributed by atoms with Crippen LogP contribution in [0.3, 0.4) is 0 Å². The fourth-order valence-electron chi connectivity index (χ4n) is 4.02. The summed E-state index contributed by atoms with van der Waals surface area (Å²) in [6.07, 6.45) is 2.42. The molecule has 2 aromatic carbocycles. The van der Waals surface area contributed by atoms with E-state index < -0.39 is 0 Å². The zero-order valence-corrected chi connectivity index (χ0v) is 13.9. The molecule has 2 saturated heterocycles. The Kier molecular flexibility index (Phi) is 3.75. The van der Waals surface area contributed by atoms with Crippen molar-refractivity contribution < 1.29 is 9.59 Å². The van der Waals surface area contributed by atoms with Gasteiger partial charge in [0.25, 0.3) is 0 Å². The second-order valence-electron chi connectivity index (χ2n) is 6.91. The number of amides is 2. The first-order valence-corrected chi connectivity index (χ1v) is 8.71. The summed E-state index contributed by atoms with van der Waals surface area (Å²) < 4.78 is 0. The normalized spacial score (nSPS) is 23.6. The van der Waals surface area contributed by atoms with Crippen LogP contribution in [0.25, 0.3) is 10.8 Å². The minimum atomic E-state index is -0.340. The van der Waals surface area contributed by atoms with E-state index in [2.05, 4.69) is 24.3 Å². The number of carbonyl (C=O) groups excluding carboxylic acids is 2. The Balaban J connectivity index is 1.53. The quantitative estimate of drug-likeness (QED) is 0.853. The molecule has 124 valence electrons. The van der Waals surface area contributed by atoms with Gasteiger partial charge in [-0.1, -0.05) is 42.5 Å². The molecule has 0 saturated carbocycles. The molecule has 0 unspecified atom stereocenters. The fourth-order valence-corrected chi connectivity index (χ4v) is 4.02. The molecule has 2 aliphatic heterocycles. The predicted octanol–water partition coefficient (Wildman–Crippen LogP) is 2.60. The third kappa shape index (κ3) is 2.56. The highest BCUT2D eigenvalue weighted by Crippen LogP contribution is 2.26. The second-order valence-corrected chi connectivity index (χ2v) is 6.91. The van der Waals surface area contributed by atoms with Crippen LogP contribution in [0.2, 0.25) is 0 Å². The van der Waals surface area contributed by atoms with E-state index in [1.165, 1.54) is 5.39 Å². The van der Waals surface area contributed by atoms with Crippen LogP contribution in [0.4, 0.5) is 0 Å². The Labute approximate surface area is 142 Å². The molecule has 2 atom stereocenters. The lowest BCUT2D eigenvalue weighted by molar-refractivity contribution is -0.152. The van der Waals surface area contributed by atoms with Gasteiger partial charge in [-0.25, -0.2) is 0 Å². The number of hydrogen-bond acceptors (Lipinski definition) is 2. The number of fused-ring (bicyclic) bond motifs is 2. The molecule has 4 heteroatoms. The van der Waals surface area contributed by atoms with Gasteiger partial charge in [-0.05, 0) is 36.1 Å². The van der Waals surface area contributed by atoms with Crippen molar-refractivity contribution in [2.24, 2.45) is 0 Å². The molecule has 2 amide bonds. The van der Waals surface area contributed by atoms with Crippen molar-refractivity contribution in [1.29, 1.82) is 0 Å². The maximum Gasteiger partial charge on any atom is 0.245 e. The zero-order valence-electron chi connectivity index (χ0n) is 13.9. The van der Waals surface area contributed by atoms with E-state index in [0.29, 0.717) is 13.0 Å². The number of rotatable bonds is 2. The molecule has 2 aromatic rings. The van der Waals surface area contributed by atoms with Crippen LogP contribution in [-0.2, 0) is 16.0 Å². The molecule has 2 aliphatic rings. The zero-order chi connectivity index (χ0) is 16.7. The molecule has 0 N–H and O–H groups in total. The molecular formula is C20H22N2O2. The number of nitrogens with zero attached hydrogens (tertiary/aromatic N) is 2. The summed E-state index contributed by atoms with van der Waals surface area (Å²) >= 11 is 0. The summed E-state index contributed by atoms with van der Waals surface area (Å²) in [5.74, 6) is 0.160. The van der Waals surface area contributed by atoms with Crippen LogP contribution in [0.1, 0.15) is 25.3 Å². The minimum absolute atomic E-state index is 0.0534. The molecule has 0 aromatic heterocycles. The molecule has 0 spiro atoms. The van der Waals surface area contributed by atoms with Gasteiger partial charge in [0.2, 0.25) is 11.8 Å². The topological polar surface area (TPSA) is 40.6 Å². The first kappa shape index (κ1) is 15.2. The Morgan fingerprint density at radius 1 is 1.17 bits per heavy atom. The Hall–Kier alpha value is -2.36. The number of hydrogen-bond donors (Lipinski definition) is 0. The second kappa shape index (κ2) is 5.93. The van der Waals surface area contributed by atoms with E-state index in [1.807, 2.05) is 30.0 Å².